The van der Waals surface area contributed by atoms with Crippen molar-refractivity contribution in [3.8, 4) is 0 Å². The number of hydrogen-bond donors (Lipinski definition) is 1. The van der Waals surface area contributed by atoms with Gasteiger partial charge in [-0.15, -0.1) is 0 Å². The summed E-state index contributed by atoms with van der Waals surface area (Å²) in [5.41, 5.74) is 0.436. The number of likely N-dealkylation sites (tertiary alicyclic amines) is 1. The molecule has 1 aliphatic heterocycles. The van der Waals surface area contributed by atoms with Gasteiger partial charge in [-0.3, -0.25) is 4.79 Å². The Bertz CT molecular complexity index is 445. The van der Waals surface area contributed by atoms with Crippen LogP contribution in [0, 0.1) is 5.41 Å². The summed E-state index contributed by atoms with van der Waals surface area (Å²) in [4.78, 5) is 13.9. The van der Waals surface area contributed by atoms with Gasteiger partial charge in [0.1, 0.15) is 0 Å². The monoisotopic (exact) mass is 297 g/mol. The molecule has 4 heteroatoms. The number of carbonyl (C=O) groups is 1. The largest absolute Gasteiger partial charge is 0.391 e. The van der Waals surface area contributed by atoms with Crippen LogP contribution in [0.25, 0.3) is 0 Å². The molecule has 0 spiro atoms. The number of amides is 1. The second kappa shape index (κ2) is 4.42. The van der Waals surface area contributed by atoms with Crippen LogP contribution in [0.5, 0.6) is 0 Å². The fourth-order valence-corrected chi connectivity index (χ4v) is 2.48. The van der Waals surface area contributed by atoms with Crippen molar-refractivity contribution in [2.24, 2.45) is 5.41 Å². The number of halogens is 1. The molecule has 17 heavy (non-hydrogen) atoms. The van der Waals surface area contributed by atoms with E-state index >= 15 is 0 Å². The van der Waals surface area contributed by atoms with Crippen molar-refractivity contribution in [1.29, 1.82) is 0 Å². The second-order valence-corrected chi connectivity index (χ2v) is 6.12. The van der Waals surface area contributed by atoms with Gasteiger partial charge in [-0.05, 0) is 18.2 Å². The number of aliphatic hydroxyl groups is 1. The summed E-state index contributed by atoms with van der Waals surface area (Å²) in [6, 6.07) is 7.33. The third-order valence-corrected chi connectivity index (χ3v) is 3.75. The van der Waals surface area contributed by atoms with Crippen molar-refractivity contribution in [3.05, 3.63) is 34.3 Å². The van der Waals surface area contributed by atoms with Gasteiger partial charge in [-0.2, -0.15) is 0 Å². The first-order chi connectivity index (χ1) is 7.90. The van der Waals surface area contributed by atoms with Crippen molar-refractivity contribution in [2.75, 3.05) is 13.1 Å². The van der Waals surface area contributed by atoms with Gasteiger partial charge in [0.25, 0.3) is 5.91 Å². The highest BCUT2D eigenvalue weighted by Gasteiger charge is 2.40. The van der Waals surface area contributed by atoms with Crippen LogP contribution in [0.1, 0.15) is 24.2 Å². The van der Waals surface area contributed by atoms with Crippen LogP contribution in [0.3, 0.4) is 0 Å². The van der Waals surface area contributed by atoms with Crippen LogP contribution in [-0.2, 0) is 0 Å². The Morgan fingerprint density at radius 1 is 1.53 bits per heavy atom. The van der Waals surface area contributed by atoms with E-state index in [1.807, 2.05) is 26.0 Å². The Labute approximate surface area is 110 Å². The summed E-state index contributed by atoms with van der Waals surface area (Å²) < 4.78 is 0.891. The lowest BCUT2D eigenvalue weighted by molar-refractivity contribution is 0.0762. The first-order valence-corrected chi connectivity index (χ1v) is 6.42. The minimum atomic E-state index is -0.446. The number of aliphatic hydroxyl groups excluding tert-OH is 1. The molecule has 0 aliphatic carbocycles. The van der Waals surface area contributed by atoms with Gasteiger partial charge in [0.05, 0.1) is 6.10 Å². The first-order valence-electron chi connectivity index (χ1n) is 5.63. The highest BCUT2D eigenvalue weighted by atomic mass is 79.9. The van der Waals surface area contributed by atoms with Crippen LogP contribution in [0.15, 0.2) is 28.7 Å². The lowest BCUT2D eigenvalue weighted by Gasteiger charge is -2.21. The fourth-order valence-electron chi connectivity index (χ4n) is 2.08. The Balaban J connectivity index is 2.18. The van der Waals surface area contributed by atoms with E-state index in [9.17, 15) is 9.90 Å². The van der Waals surface area contributed by atoms with Crippen LogP contribution in [-0.4, -0.2) is 35.1 Å². The Morgan fingerprint density at radius 2 is 2.24 bits per heavy atom. The molecule has 0 radical (unpaired) electrons. The number of carbonyl (C=O) groups excluding carboxylic acids is 1. The minimum absolute atomic E-state index is 0.0177. The molecule has 3 nitrogen and oxygen atoms in total. The van der Waals surface area contributed by atoms with Crippen molar-refractivity contribution >= 4 is 21.8 Å². The number of nitrogens with zero attached hydrogens (tertiary/aromatic N) is 1. The molecule has 1 saturated heterocycles. The number of hydrogen-bond acceptors (Lipinski definition) is 2. The quantitative estimate of drug-likeness (QED) is 0.864. The number of rotatable bonds is 1. The zero-order chi connectivity index (χ0) is 12.6. The molecule has 1 unspecified atom stereocenters. The highest BCUT2D eigenvalue weighted by molar-refractivity contribution is 9.10. The minimum Gasteiger partial charge on any atom is -0.391 e. The van der Waals surface area contributed by atoms with Crippen LogP contribution in [0.2, 0.25) is 0 Å². The topological polar surface area (TPSA) is 40.5 Å². The molecule has 2 rings (SSSR count). The van der Waals surface area contributed by atoms with Crippen LogP contribution >= 0.6 is 15.9 Å². The number of benzene rings is 1. The van der Waals surface area contributed by atoms with Gasteiger partial charge in [0, 0.05) is 28.5 Å². The molecule has 92 valence electrons. The normalized spacial score (nSPS) is 22.8. The molecule has 1 aromatic carbocycles. The predicted octanol–water partition coefficient (Wildman–Crippen LogP) is 2.29. The maximum Gasteiger partial charge on any atom is 0.254 e. The highest BCUT2D eigenvalue weighted by Crippen LogP contribution is 2.30. The van der Waals surface area contributed by atoms with E-state index in [1.165, 1.54) is 0 Å². The maximum absolute atomic E-state index is 12.2. The van der Waals surface area contributed by atoms with E-state index in [1.54, 1.807) is 17.0 Å². The summed E-state index contributed by atoms with van der Waals surface area (Å²) in [6.07, 6.45) is -0.446. The van der Waals surface area contributed by atoms with Crippen molar-refractivity contribution in [2.45, 2.75) is 20.0 Å². The maximum atomic E-state index is 12.2. The van der Waals surface area contributed by atoms with Gasteiger partial charge in [-0.1, -0.05) is 35.8 Å². The fraction of sp³-hybridized carbons (Fsp3) is 0.462. The molecule has 0 bridgehead atoms. The smallest absolute Gasteiger partial charge is 0.254 e. The second-order valence-electron chi connectivity index (χ2n) is 5.20. The van der Waals surface area contributed by atoms with Gasteiger partial charge < -0.3 is 10.0 Å². The average molecular weight is 298 g/mol. The SMILES string of the molecule is CC1(C)CN(C(=O)c2cccc(Br)c2)CC1O. The van der Waals surface area contributed by atoms with E-state index < -0.39 is 6.10 Å². The van der Waals surface area contributed by atoms with E-state index in [0.717, 1.165) is 4.47 Å². The molecule has 1 aliphatic rings. The summed E-state index contributed by atoms with van der Waals surface area (Å²) >= 11 is 3.35. The lowest BCUT2D eigenvalue weighted by Crippen LogP contribution is -2.30. The Hall–Kier alpha value is -0.870. The van der Waals surface area contributed by atoms with E-state index in [-0.39, 0.29) is 11.3 Å². The third kappa shape index (κ3) is 2.53. The zero-order valence-corrected chi connectivity index (χ0v) is 11.6. The van der Waals surface area contributed by atoms with Gasteiger partial charge >= 0.3 is 0 Å². The summed E-state index contributed by atoms with van der Waals surface area (Å²) in [7, 11) is 0. The van der Waals surface area contributed by atoms with Gasteiger partial charge in [0.2, 0.25) is 0 Å². The number of β-amino-alcohol motifs (C(OH)–C–C–N with tert-alkyl or cyclic N) is 1. The first kappa shape index (κ1) is 12.6. The molecular formula is C13H16BrNO2. The third-order valence-electron chi connectivity index (χ3n) is 3.25. The van der Waals surface area contributed by atoms with Gasteiger partial charge in [0.15, 0.2) is 0 Å². The summed E-state index contributed by atoms with van der Waals surface area (Å²) in [6.45, 7) is 4.97. The van der Waals surface area contributed by atoms with E-state index in [2.05, 4.69) is 15.9 Å². The summed E-state index contributed by atoms with van der Waals surface area (Å²) in [5, 5.41) is 9.87. The molecule has 0 saturated carbocycles. The molecule has 1 amide bonds. The molecule has 1 heterocycles. The van der Waals surface area contributed by atoms with Crippen molar-refractivity contribution in [3.63, 3.8) is 0 Å². The van der Waals surface area contributed by atoms with Crippen molar-refractivity contribution < 1.29 is 9.90 Å². The van der Waals surface area contributed by atoms with E-state index in [4.69, 9.17) is 0 Å². The molecule has 0 aromatic heterocycles. The Morgan fingerprint density at radius 3 is 2.76 bits per heavy atom. The van der Waals surface area contributed by atoms with E-state index in [0.29, 0.717) is 18.7 Å². The standard InChI is InChI=1S/C13H16BrNO2/c1-13(2)8-15(7-11(13)16)12(17)9-4-3-5-10(14)6-9/h3-6,11,16H,7-8H2,1-2H3. The molecular weight excluding hydrogens is 282 g/mol. The lowest BCUT2D eigenvalue weighted by atomic mass is 9.90. The zero-order valence-electron chi connectivity index (χ0n) is 9.98. The van der Waals surface area contributed by atoms with Crippen LogP contribution < -0.4 is 0 Å². The van der Waals surface area contributed by atoms with Crippen LogP contribution in [0.4, 0.5) is 0 Å². The average Bonchev–Trinajstić information content (AvgIpc) is 2.52. The predicted molar refractivity (Wildman–Crippen MR) is 69.8 cm³/mol. The molecule has 1 fully saturated rings. The summed E-state index contributed by atoms with van der Waals surface area (Å²) in [5.74, 6) is -0.0177. The van der Waals surface area contributed by atoms with Gasteiger partial charge in [-0.25, -0.2) is 0 Å². The Kier molecular flexibility index (Phi) is 3.27. The molecule has 1 atom stereocenters. The molecule has 1 aromatic rings. The molecule has 1 N–H and O–H groups in total. The van der Waals surface area contributed by atoms with Crippen molar-refractivity contribution in [1.82, 2.24) is 4.90 Å².